The number of hydrogen-bond acceptors (Lipinski definition) is 3. The monoisotopic (exact) mass is 275 g/mol. The first kappa shape index (κ1) is 14.7. The van der Waals surface area contributed by atoms with Gasteiger partial charge in [0.05, 0.1) is 11.1 Å². The molecule has 20 heavy (non-hydrogen) atoms. The molecule has 4 heteroatoms. The molecule has 2 amide bonds. The van der Waals surface area contributed by atoms with Crippen molar-refractivity contribution >= 4 is 11.8 Å². The summed E-state index contributed by atoms with van der Waals surface area (Å²) < 4.78 is 0. The van der Waals surface area contributed by atoms with Gasteiger partial charge in [0.1, 0.15) is 0 Å². The summed E-state index contributed by atoms with van der Waals surface area (Å²) in [6.45, 7) is 6.24. The maximum absolute atomic E-state index is 12.4. The van der Waals surface area contributed by atoms with Crippen LogP contribution in [-0.2, 0) is 0 Å². The predicted molar refractivity (Wildman–Crippen MR) is 76.8 cm³/mol. The summed E-state index contributed by atoms with van der Waals surface area (Å²) in [5, 5.41) is 9.00. The van der Waals surface area contributed by atoms with Crippen molar-refractivity contribution in [2.75, 3.05) is 13.2 Å². The van der Waals surface area contributed by atoms with E-state index in [1.165, 1.54) is 4.90 Å². The van der Waals surface area contributed by atoms with Gasteiger partial charge in [0.25, 0.3) is 11.8 Å². The molecule has 108 valence electrons. The minimum Gasteiger partial charge on any atom is -0.396 e. The Morgan fingerprint density at radius 1 is 1.10 bits per heavy atom. The summed E-state index contributed by atoms with van der Waals surface area (Å²) in [6, 6.07) is 3.77. The zero-order valence-corrected chi connectivity index (χ0v) is 12.3. The quantitative estimate of drug-likeness (QED) is 0.839. The minimum absolute atomic E-state index is 0.139. The highest BCUT2D eigenvalue weighted by molar-refractivity contribution is 6.22. The molecule has 0 aliphatic carbocycles. The van der Waals surface area contributed by atoms with Gasteiger partial charge in [0.15, 0.2) is 0 Å². The fraction of sp³-hybridized carbons (Fsp3) is 0.500. The Labute approximate surface area is 119 Å². The van der Waals surface area contributed by atoms with Gasteiger partial charge in [0.2, 0.25) is 0 Å². The maximum atomic E-state index is 12.4. The van der Waals surface area contributed by atoms with Gasteiger partial charge in [-0.1, -0.05) is 19.1 Å². The minimum atomic E-state index is -0.178. The lowest BCUT2D eigenvalue weighted by atomic mass is 9.99. The second kappa shape index (κ2) is 5.75. The molecule has 1 N–H and O–H groups in total. The van der Waals surface area contributed by atoms with Crippen molar-refractivity contribution in [2.45, 2.75) is 33.6 Å². The van der Waals surface area contributed by atoms with Gasteiger partial charge >= 0.3 is 0 Å². The lowest BCUT2D eigenvalue weighted by Gasteiger charge is -2.15. The second-order valence-corrected chi connectivity index (χ2v) is 5.64. The molecule has 1 aromatic carbocycles. The van der Waals surface area contributed by atoms with Gasteiger partial charge < -0.3 is 5.11 Å². The van der Waals surface area contributed by atoms with Crippen molar-refractivity contribution in [2.24, 2.45) is 5.92 Å². The molecule has 1 aliphatic heterocycles. The number of rotatable bonds is 5. The third-order valence-corrected chi connectivity index (χ3v) is 3.93. The molecule has 1 heterocycles. The van der Waals surface area contributed by atoms with Gasteiger partial charge in [-0.3, -0.25) is 14.5 Å². The number of nitrogens with zero attached hydrogens (tertiary/aromatic N) is 1. The highest BCUT2D eigenvalue weighted by Crippen LogP contribution is 2.28. The van der Waals surface area contributed by atoms with Crippen LogP contribution < -0.4 is 0 Å². The van der Waals surface area contributed by atoms with E-state index in [1.807, 2.05) is 32.9 Å². The van der Waals surface area contributed by atoms with Crippen molar-refractivity contribution < 1.29 is 14.7 Å². The Hall–Kier alpha value is -1.68. The van der Waals surface area contributed by atoms with Crippen LogP contribution in [0.25, 0.3) is 0 Å². The average molecular weight is 275 g/mol. The Morgan fingerprint density at radius 3 is 2.05 bits per heavy atom. The molecule has 0 fully saturated rings. The molecule has 1 aromatic rings. The van der Waals surface area contributed by atoms with Crippen LogP contribution in [0.3, 0.4) is 0 Å². The standard InChI is InChI=1S/C16H21NO3/c1-10(9-18)5-4-8-17-15(19)13-11(2)6-7-12(3)14(13)16(17)20/h6-7,10,18H,4-5,8-9H2,1-3H3. The summed E-state index contributed by atoms with van der Waals surface area (Å²) in [5.74, 6) is -0.153. The van der Waals surface area contributed by atoms with E-state index in [0.29, 0.717) is 17.7 Å². The number of aliphatic hydroxyl groups excluding tert-OH is 1. The molecule has 0 bridgehead atoms. The largest absolute Gasteiger partial charge is 0.396 e. The topological polar surface area (TPSA) is 57.6 Å². The van der Waals surface area contributed by atoms with E-state index in [1.54, 1.807) is 0 Å². The van der Waals surface area contributed by atoms with Gasteiger partial charge in [0, 0.05) is 13.2 Å². The zero-order valence-electron chi connectivity index (χ0n) is 12.3. The SMILES string of the molecule is Cc1ccc(C)c2c1C(=O)N(CCCC(C)CO)C2=O. The van der Waals surface area contributed by atoms with Crippen LogP contribution in [0.2, 0.25) is 0 Å². The second-order valence-electron chi connectivity index (χ2n) is 5.64. The van der Waals surface area contributed by atoms with E-state index in [0.717, 1.165) is 24.0 Å². The molecular weight excluding hydrogens is 254 g/mol. The zero-order chi connectivity index (χ0) is 14.9. The van der Waals surface area contributed by atoms with E-state index < -0.39 is 0 Å². The van der Waals surface area contributed by atoms with Crippen LogP contribution >= 0.6 is 0 Å². The Balaban J connectivity index is 2.16. The molecule has 4 nitrogen and oxygen atoms in total. The first-order chi connectivity index (χ1) is 9.47. The van der Waals surface area contributed by atoms with Crippen molar-refractivity contribution in [3.63, 3.8) is 0 Å². The Bertz CT molecular complexity index is 510. The van der Waals surface area contributed by atoms with E-state index in [2.05, 4.69) is 0 Å². The molecule has 0 radical (unpaired) electrons. The summed E-state index contributed by atoms with van der Waals surface area (Å²) in [7, 11) is 0. The van der Waals surface area contributed by atoms with Gasteiger partial charge in [-0.15, -0.1) is 0 Å². The molecule has 2 rings (SSSR count). The van der Waals surface area contributed by atoms with Crippen molar-refractivity contribution in [1.82, 2.24) is 4.90 Å². The molecule has 0 saturated heterocycles. The number of aryl methyl sites for hydroxylation is 2. The first-order valence-corrected chi connectivity index (χ1v) is 7.04. The molecule has 1 unspecified atom stereocenters. The molecular formula is C16H21NO3. The molecule has 0 spiro atoms. The summed E-state index contributed by atoms with van der Waals surface area (Å²) >= 11 is 0. The van der Waals surface area contributed by atoms with Gasteiger partial charge in [-0.25, -0.2) is 0 Å². The number of aliphatic hydroxyl groups is 1. The van der Waals surface area contributed by atoms with Crippen molar-refractivity contribution in [3.05, 3.63) is 34.4 Å². The number of amides is 2. The molecule has 1 atom stereocenters. The fourth-order valence-corrected chi connectivity index (χ4v) is 2.62. The Morgan fingerprint density at radius 2 is 1.60 bits per heavy atom. The number of imide groups is 1. The highest BCUT2D eigenvalue weighted by Gasteiger charge is 2.37. The highest BCUT2D eigenvalue weighted by atomic mass is 16.3. The number of fused-ring (bicyclic) bond motifs is 1. The van der Waals surface area contributed by atoms with Crippen LogP contribution in [0.4, 0.5) is 0 Å². The molecule has 0 saturated carbocycles. The van der Waals surface area contributed by atoms with Crippen molar-refractivity contribution in [3.8, 4) is 0 Å². The van der Waals surface area contributed by atoms with Crippen LogP contribution in [0.15, 0.2) is 12.1 Å². The average Bonchev–Trinajstić information content (AvgIpc) is 2.68. The number of hydrogen-bond donors (Lipinski definition) is 1. The lowest BCUT2D eigenvalue weighted by molar-refractivity contribution is 0.0648. The Kier molecular flexibility index (Phi) is 4.23. The van der Waals surface area contributed by atoms with Gasteiger partial charge in [-0.05, 0) is 43.7 Å². The summed E-state index contributed by atoms with van der Waals surface area (Å²) in [6.07, 6.45) is 1.53. The van der Waals surface area contributed by atoms with E-state index >= 15 is 0 Å². The third kappa shape index (κ3) is 2.48. The van der Waals surface area contributed by atoms with Gasteiger partial charge in [-0.2, -0.15) is 0 Å². The maximum Gasteiger partial charge on any atom is 0.261 e. The smallest absolute Gasteiger partial charge is 0.261 e. The van der Waals surface area contributed by atoms with E-state index in [-0.39, 0.29) is 24.3 Å². The van der Waals surface area contributed by atoms with Crippen molar-refractivity contribution in [1.29, 1.82) is 0 Å². The van der Waals surface area contributed by atoms with Crippen LogP contribution in [-0.4, -0.2) is 35.0 Å². The number of benzene rings is 1. The fourth-order valence-electron chi connectivity index (χ4n) is 2.62. The third-order valence-electron chi connectivity index (χ3n) is 3.93. The van der Waals surface area contributed by atoms with Crippen LogP contribution in [0.5, 0.6) is 0 Å². The van der Waals surface area contributed by atoms with Crippen LogP contribution in [0, 0.1) is 19.8 Å². The van der Waals surface area contributed by atoms with E-state index in [4.69, 9.17) is 5.11 Å². The first-order valence-electron chi connectivity index (χ1n) is 7.04. The summed E-state index contributed by atoms with van der Waals surface area (Å²) in [4.78, 5) is 26.1. The summed E-state index contributed by atoms with van der Waals surface area (Å²) in [5.41, 5.74) is 2.83. The predicted octanol–water partition coefficient (Wildman–Crippen LogP) is 2.31. The molecule has 1 aliphatic rings. The van der Waals surface area contributed by atoms with E-state index in [9.17, 15) is 9.59 Å². The normalized spacial score (nSPS) is 15.7. The number of carbonyl (C=O) groups is 2. The number of carbonyl (C=O) groups excluding carboxylic acids is 2. The molecule has 0 aromatic heterocycles. The van der Waals surface area contributed by atoms with Crippen LogP contribution in [0.1, 0.15) is 51.6 Å². The lowest BCUT2D eigenvalue weighted by Crippen LogP contribution is -2.31.